The Morgan fingerprint density at radius 2 is 1.97 bits per heavy atom. The van der Waals surface area contributed by atoms with Crippen LogP contribution in [0.15, 0.2) is 29.3 Å². The second kappa shape index (κ2) is 9.19. The van der Waals surface area contributed by atoms with Crippen molar-refractivity contribution in [3.63, 3.8) is 0 Å². The molecule has 1 aliphatic rings. The van der Waals surface area contributed by atoms with Gasteiger partial charge in [0.15, 0.2) is 0 Å². The van der Waals surface area contributed by atoms with E-state index in [4.69, 9.17) is 14.5 Å². The van der Waals surface area contributed by atoms with E-state index in [1.807, 2.05) is 13.0 Å². The van der Waals surface area contributed by atoms with E-state index in [0.29, 0.717) is 33.7 Å². The molecular formula is C22H25N3O3S. The summed E-state index contributed by atoms with van der Waals surface area (Å²) in [6.45, 7) is 4.03. The fourth-order valence-electron chi connectivity index (χ4n) is 3.34. The summed E-state index contributed by atoms with van der Waals surface area (Å²) < 4.78 is 10.5. The maximum absolute atomic E-state index is 12.7. The molecule has 1 heterocycles. The van der Waals surface area contributed by atoms with Crippen molar-refractivity contribution in [1.29, 1.82) is 5.26 Å². The lowest BCUT2D eigenvalue weighted by Crippen LogP contribution is -2.23. The average Bonchev–Trinajstić information content (AvgIpc) is 2.72. The Bertz CT molecular complexity index is 933. The number of ether oxygens (including phenoxy) is 2. The third kappa shape index (κ3) is 5.01. The molecule has 1 aliphatic carbocycles. The number of nitrogens with zero attached hydrogens (tertiary/aromatic N) is 2. The highest BCUT2D eigenvalue weighted by molar-refractivity contribution is 8.00. The number of aromatic nitrogens is 1. The minimum Gasteiger partial charge on any atom is -0.497 e. The summed E-state index contributed by atoms with van der Waals surface area (Å²) in [6.07, 6.45) is 2.97. The Labute approximate surface area is 175 Å². The number of hydrogen-bond donors (Lipinski definition) is 1. The van der Waals surface area contributed by atoms with Crippen molar-refractivity contribution in [2.75, 3.05) is 19.5 Å². The van der Waals surface area contributed by atoms with Crippen LogP contribution < -0.4 is 14.8 Å². The zero-order chi connectivity index (χ0) is 21.0. The number of amides is 1. The highest BCUT2D eigenvalue weighted by atomic mass is 32.2. The summed E-state index contributed by atoms with van der Waals surface area (Å²) in [5, 5.41) is 12.6. The maximum Gasteiger partial charge on any atom is 0.237 e. The van der Waals surface area contributed by atoms with Gasteiger partial charge in [-0.25, -0.2) is 4.98 Å². The van der Waals surface area contributed by atoms with Crippen LogP contribution in [0.4, 0.5) is 5.69 Å². The van der Waals surface area contributed by atoms with Crippen LogP contribution in [0.5, 0.6) is 11.5 Å². The average molecular weight is 412 g/mol. The number of thioether (sulfide) groups is 1. The molecule has 0 saturated heterocycles. The van der Waals surface area contributed by atoms with Gasteiger partial charge in [-0.05, 0) is 43.7 Å². The molecule has 0 spiro atoms. The largest absolute Gasteiger partial charge is 0.497 e. The number of carbonyl (C=O) groups excluding carboxylic acids is 1. The SMILES string of the molecule is COc1cc(NC(=O)C(C)Sc2nc3c(cc2C#N)CC(C)CC3)cc(OC)c1. The zero-order valence-corrected chi connectivity index (χ0v) is 17.9. The third-order valence-electron chi connectivity index (χ3n) is 5.00. The number of pyridine rings is 1. The molecule has 29 heavy (non-hydrogen) atoms. The van der Waals surface area contributed by atoms with Crippen LogP contribution in [0.1, 0.15) is 37.1 Å². The van der Waals surface area contributed by atoms with E-state index in [1.54, 1.807) is 32.4 Å². The fraction of sp³-hybridized carbons (Fsp3) is 0.409. The van der Waals surface area contributed by atoms with Gasteiger partial charge in [0, 0.05) is 29.6 Å². The predicted octanol–water partition coefficient (Wildman–Crippen LogP) is 4.21. The summed E-state index contributed by atoms with van der Waals surface area (Å²) in [7, 11) is 3.12. The lowest BCUT2D eigenvalue weighted by Gasteiger charge is -2.22. The van der Waals surface area contributed by atoms with E-state index in [9.17, 15) is 10.1 Å². The number of nitriles is 1. The number of carbonyl (C=O) groups is 1. The number of benzene rings is 1. The maximum atomic E-state index is 12.7. The smallest absolute Gasteiger partial charge is 0.237 e. The fourth-order valence-corrected chi connectivity index (χ4v) is 4.24. The van der Waals surface area contributed by atoms with Crippen LogP contribution in [0.2, 0.25) is 0 Å². The summed E-state index contributed by atoms with van der Waals surface area (Å²) in [6, 6.07) is 9.39. The molecule has 6 nitrogen and oxygen atoms in total. The molecule has 0 radical (unpaired) electrons. The van der Waals surface area contributed by atoms with E-state index in [2.05, 4.69) is 18.3 Å². The van der Waals surface area contributed by atoms with Gasteiger partial charge in [-0.1, -0.05) is 18.7 Å². The molecule has 0 aliphatic heterocycles. The van der Waals surface area contributed by atoms with Crippen LogP contribution in [0.3, 0.4) is 0 Å². The molecular weight excluding hydrogens is 386 g/mol. The van der Waals surface area contributed by atoms with Crippen LogP contribution in [0, 0.1) is 17.2 Å². The number of hydrogen-bond acceptors (Lipinski definition) is 6. The minimum absolute atomic E-state index is 0.178. The van der Waals surface area contributed by atoms with E-state index in [0.717, 1.165) is 30.5 Å². The van der Waals surface area contributed by atoms with Crippen LogP contribution in [0.25, 0.3) is 0 Å². The van der Waals surface area contributed by atoms with E-state index >= 15 is 0 Å². The van der Waals surface area contributed by atoms with E-state index in [-0.39, 0.29) is 5.91 Å². The molecule has 152 valence electrons. The second-order valence-electron chi connectivity index (χ2n) is 7.26. The molecule has 2 unspecified atom stereocenters. The number of anilines is 1. The molecule has 1 aromatic carbocycles. The van der Waals surface area contributed by atoms with Gasteiger partial charge in [-0.2, -0.15) is 5.26 Å². The second-order valence-corrected chi connectivity index (χ2v) is 8.59. The third-order valence-corrected chi connectivity index (χ3v) is 6.10. The van der Waals surface area contributed by atoms with Crippen LogP contribution in [-0.4, -0.2) is 30.4 Å². The molecule has 1 amide bonds. The quantitative estimate of drug-likeness (QED) is 0.717. The molecule has 3 rings (SSSR count). The summed E-state index contributed by atoms with van der Waals surface area (Å²) in [5.74, 6) is 1.62. The molecule has 0 bridgehead atoms. The molecule has 7 heteroatoms. The first-order chi connectivity index (χ1) is 13.9. The van der Waals surface area contributed by atoms with Crippen LogP contribution in [-0.2, 0) is 17.6 Å². The molecule has 2 atom stereocenters. The van der Waals surface area contributed by atoms with Crippen molar-refractivity contribution in [3.05, 3.63) is 41.1 Å². The number of nitrogens with one attached hydrogen (secondary N) is 1. The van der Waals surface area contributed by atoms with Gasteiger partial charge in [0.25, 0.3) is 0 Å². The van der Waals surface area contributed by atoms with Crippen molar-refractivity contribution in [2.24, 2.45) is 5.92 Å². The molecule has 1 N–H and O–H groups in total. The van der Waals surface area contributed by atoms with Gasteiger partial charge in [-0.15, -0.1) is 0 Å². The lowest BCUT2D eigenvalue weighted by atomic mass is 9.87. The molecule has 0 fully saturated rings. The van der Waals surface area contributed by atoms with E-state index < -0.39 is 5.25 Å². The number of aryl methyl sites for hydroxylation is 1. The van der Waals surface area contributed by atoms with Gasteiger partial charge in [0.1, 0.15) is 22.6 Å². The van der Waals surface area contributed by atoms with Crippen molar-refractivity contribution in [3.8, 4) is 17.6 Å². The minimum atomic E-state index is -0.424. The van der Waals surface area contributed by atoms with Crippen molar-refractivity contribution >= 4 is 23.4 Å². The first-order valence-electron chi connectivity index (χ1n) is 9.57. The van der Waals surface area contributed by atoms with Gasteiger partial charge >= 0.3 is 0 Å². The Morgan fingerprint density at radius 3 is 2.59 bits per heavy atom. The highest BCUT2D eigenvalue weighted by Gasteiger charge is 2.22. The van der Waals surface area contributed by atoms with Gasteiger partial charge < -0.3 is 14.8 Å². The van der Waals surface area contributed by atoms with Crippen LogP contribution >= 0.6 is 11.8 Å². The van der Waals surface area contributed by atoms with Crippen molar-refractivity contribution in [2.45, 2.75) is 43.4 Å². The van der Waals surface area contributed by atoms with Gasteiger partial charge in [0.2, 0.25) is 5.91 Å². The molecule has 1 aromatic heterocycles. The topological polar surface area (TPSA) is 84.2 Å². The first-order valence-corrected chi connectivity index (χ1v) is 10.4. The highest BCUT2D eigenvalue weighted by Crippen LogP contribution is 2.32. The Hall–Kier alpha value is -2.72. The normalized spacial score (nSPS) is 16.3. The molecule has 2 aromatic rings. The summed E-state index contributed by atoms with van der Waals surface area (Å²) in [5.41, 5.74) is 3.33. The summed E-state index contributed by atoms with van der Waals surface area (Å²) in [4.78, 5) is 17.4. The van der Waals surface area contributed by atoms with E-state index in [1.165, 1.54) is 11.8 Å². The van der Waals surface area contributed by atoms with Gasteiger partial charge in [0.05, 0.1) is 25.0 Å². The Balaban J connectivity index is 1.75. The van der Waals surface area contributed by atoms with Gasteiger partial charge in [-0.3, -0.25) is 4.79 Å². The number of rotatable bonds is 6. The van der Waals surface area contributed by atoms with Crippen molar-refractivity contribution < 1.29 is 14.3 Å². The number of fused-ring (bicyclic) bond motifs is 1. The number of methoxy groups -OCH3 is 2. The standard InChI is InChI=1S/C22H25N3O3S/c1-13-5-6-20-15(7-13)8-16(12-23)22(25-20)29-14(2)21(26)24-17-9-18(27-3)11-19(10-17)28-4/h8-11,13-14H,5-7H2,1-4H3,(H,24,26). The lowest BCUT2D eigenvalue weighted by molar-refractivity contribution is -0.115. The zero-order valence-electron chi connectivity index (χ0n) is 17.1. The first kappa shape index (κ1) is 21.0. The summed E-state index contributed by atoms with van der Waals surface area (Å²) >= 11 is 1.31. The monoisotopic (exact) mass is 411 g/mol. The predicted molar refractivity (Wildman–Crippen MR) is 114 cm³/mol. The van der Waals surface area contributed by atoms with Crippen molar-refractivity contribution in [1.82, 2.24) is 4.98 Å². The Morgan fingerprint density at radius 1 is 1.28 bits per heavy atom. The Kier molecular flexibility index (Phi) is 6.65. The molecule has 0 saturated carbocycles.